The van der Waals surface area contributed by atoms with Crippen LogP contribution in [0.2, 0.25) is 0 Å². The van der Waals surface area contributed by atoms with Gasteiger partial charge >= 0.3 is 0 Å². The Labute approximate surface area is 120 Å². The predicted molar refractivity (Wildman–Crippen MR) is 79.8 cm³/mol. The lowest BCUT2D eigenvalue weighted by Gasteiger charge is -2.12. The summed E-state index contributed by atoms with van der Waals surface area (Å²) in [5.41, 5.74) is 0.810. The zero-order chi connectivity index (χ0) is 13.7. The first-order valence-electron chi connectivity index (χ1n) is 5.84. The zero-order valence-electron chi connectivity index (χ0n) is 10.5. The second-order valence-corrected chi connectivity index (χ2v) is 5.80. The standard InChI is InChI=1S/C14H15NO2S2/c1-18-11-6-4-10(5-7-11)12(16)9-15-14(17)13-3-2-8-19-13/h2-8,12,16H,9H2,1H3,(H,15,17)/t12-/m1/s1. The van der Waals surface area contributed by atoms with Crippen molar-refractivity contribution < 1.29 is 9.90 Å². The summed E-state index contributed by atoms with van der Waals surface area (Å²) in [4.78, 5) is 13.5. The van der Waals surface area contributed by atoms with Crippen LogP contribution in [-0.2, 0) is 0 Å². The molecule has 100 valence electrons. The molecule has 19 heavy (non-hydrogen) atoms. The van der Waals surface area contributed by atoms with Gasteiger partial charge in [0.05, 0.1) is 11.0 Å². The van der Waals surface area contributed by atoms with Crippen LogP contribution in [0.1, 0.15) is 21.3 Å². The fourth-order valence-electron chi connectivity index (χ4n) is 1.63. The number of aliphatic hydroxyl groups excluding tert-OH is 1. The van der Waals surface area contributed by atoms with E-state index in [1.54, 1.807) is 17.8 Å². The Balaban J connectivity index is 1.90. The van der Waals surface area contributed by atoms with Gasteiger partial charge in [0, 0.05) is 11.4 Å². The van der Waals surface area contributed by atoms with Crippen molar-refractivity contribution in [2.24, 2.45) is 0 Å². The number of amides is 1. The first kappa shape index (κ1) is 14.1. The van der Waals surface area contributed by atoms with Gasteiger partial charge in [0.25, 0.3) is 5.91 Å². The number of nitrogens with one attached hydrogen (secondary N) is 1. The minimum atomic E-state index is -0.681. The molecule has 0 aliphatic heterocycles. The van der Waals surface area contributed by atoms with Crippen molar-refractivity contribution in [2.75, 3.05) is 12.8 Å². The van der Waals surface area contributed by atoms with E-state index in [1.165, 1.54) is 11.3 Å². The molecule has 0 unspecified atom stereocenters. The lowest BCUT2D eigenvalue weighted by Crippen LogP contribution is -2.27. The lowest BCUT2D eigenvalue weighted by molar-refractivity contribution is 0.0920. The lowest BCUT2D eigenvalue weighted by atomic mass is 10.1. The van der Waals surface area contributed by atoms with Crippen molar-refractivity contribution in [3.63, 3.8) is 0 Å². The van der Waals surface area contributed by atoms with Crippen molar-refractivity contribution in [2.45, 2.75) is 11.0 Å². The smallest absolute Gasteiger partial charge is 0.261 e. The van der Waals surface area contributed by atoms with Gasteiger partial charge in [-0.3, -0.25) is 4.79 Å². The SMILES string of the molecule is CSc1ccc([C@H](O)CNC(=O)c2cccs2)cc1. The molecule has 5 heteroatoms. The van der Waals surface area contributed by atoms with Crippen molar-refractivity contribution in [3.8, 4) is 0 Å². The molecule has 0 spiro atoms. The molecule has 2 aromatic rings. The Morgan fingerprint density at radius 1 is 1.37 bits per heavy atom. The van der Waals surface area contributed by atoms with Gasteiger partial charge in [-0.05, 0) is 35.4 Å². The number of carbonyl (C=O) groups is 1. The summed E-state index contributed by atoms with van der Waals surface area (Å²) in [6.07, 6.45) is 1.33. The van der Waals surface area contributed by atoms with Gasteiger partial charge in [-0.2, -0.15) is 0 Å². The number of carbonyl (C=O) groups excluding carboxylic acids is 1. The Morgan fingerprint density at radius 2 is 2.11 bits per heavy atom. The molecule has 3 nitrogen and oxygen atoms in total. The van der Waals surface area contributed by atoms with Gasteiger partial charge < -0.3 is 10.4 Å². The summed E-state index contributed by atoms with van der Waals surface area (Å²) in [5.74, 6) is -0.144. The van der Waals surface area contributed by atoms with Gasteiger partial charge in [-0.15, -0.1) is 23.1 Å². The number of rotatable bonds is 5. The van der Waals surface area contributed by atoms with Crippen LogP contribution in [0, 0.1) is 0 Å². The molecule has 0 aliphatic carbocycles. The molecule has 0 bridgehead atoms. The summed E-state index contributed by atoms with van der Waals surface area (Å²) >= 11 is 3.04. The third-order valence-electron chi connectivity index (χ3n) is 2.70. The first-order chi connectivity index (χ1) is 9.20. The first-order valence-corrected chi connectivity index (χ1v) is 7.95. The summed E-state index contributed by atoms with van der Waals surface area (Å²) in [5, 5.41) is 14.6. The van der Waals surface area contributed by atoms with Gasteiger partial charge in [0.1, 0.15) is 0 Å². The highest BCUT2D eigenvalue weighted by atomic mass is 32.2. The number of hydrogen-bond acceptors (Lipinski definition) is 4. The molecule has 1 aromatic heterocycles. The fraction of sp³-hybridized carbons (Fsp3) is 0.214. The van der Waals surface area contributed by atoms with Crippen molar-refractivity contribution in [3.05, 3.63) is 52.2 Å². The van der Waals surface area contributed by atoms with E-state index < -0.39 is 6.10 Å². The second-order valence-electron chi connectivity index (χ2n) is 3.98. The molecule has 0 saturated heterocycles. The van der Waals surface area contributed by atoms with Crippen LogP contribution in [0.25, 0.3) is 0 Å². The van der Waals surface area contributed by atoms with E-state index in [2.05, 4.69) is 5.32 Å². The molecule has 2 rings (SSSR count). The van der Waals surface area contributed by atoms with Crippen molar-refractivity contribution >= 4 is 29.0 Å². The molecular weight excluding hydrogens is 278 g/mol. The highest BCUT2D eigenvalue weighted by molar-refractivity contribution is 7.98. The fourth-order valence-corrected chi connectivity index (χ4v) is 2.68. The Kier molecular flexibility index (Phi) is 5.01. The van der Waals surface area contributed by atoms with E-state index >= 15 is 0 Å². The highest BCUT2D eigenvalue weighted by Crippen LogP contribution is 2.18. The van der Waals surface area contributed by atoms with Crippen LogP contribution < -0.4 is 5.32 Å². The quantitative estimate of drug-likeness (QED) is 0.833. The largest absolute Gasteiger partial charge is 0.387 e. The Morgan fingerprint density at radius 3 is 2.68 bits per heavy atom. The predicted octanol–water partition coefficient (Wildman–Crippen LogP) is 2.93. The molecule has 1 aromatic carbocycles. The van der Waals surface area contributed by atoms with Crippen LogP contribution in [0.15, 0.2) is 46.7 Å². The maximum Gasteiger partial charge on any atom is 0.261 e. The van der Waals surface area contributed by atoms with E-state index in [4.69, 9.17) is 0 Å². The molecular formula is C14H15NO2S2. The van der Waals surface area contributed by atoms with E-state index in [1.807, 2.05) is 42.0 Å². The molecule has 1 heterocycles. The second kappa shape index (κ2) is 6.75. The molecule has 0 radical (unpaired) electrons. The number of aliphatic hydroxyl groups is 1. The topological polar surface area (TPSA) is 49.3 Å². The zero-order valence-corrected chi connectivity index (χ0v) is 12.1. The van der Waals surface area contributed by atoms with Crippen LogP contribution in [0.3, 0.4) is 0 Å². The number of hydrogen-bond donors (Lipinski definition) is 2. The maximum atomic E-state index is 11.7. The average Bonchev–Trinajstić information content (AvgIpc) is 2.98. The highest BCUT2D eigenvalue weighted by Gasteiger charge is 2.11. The van der Waals surface area contributed by atoms with Crippen molar-refractivity contribution in [1.82, 2.24) is 5.32 Å². The molecule has 1 atom stereocenters. The van der Waals surface area contributed by atoms with Crippen LogP contribution in [0.4, 0.5) is 0 Å². The number of thiophene rings is 1. The number of benzene rings is 1. The summed E-state index contributed by atoms with van der Waals surface area (Å²) < 4.78 is 0. The average molecular weight is 293 g/mol. The Bertz CT molecular complexity index is 523. The van der Waals surface area contributed by atoms with E-state index in [0.717, 1.165) is 10.5 Å². The molecule has 1 amide bonds. The summed E-state index contributed by atoms with van der Waals surface area (Å²) in [7, 11) is 0. The van der Waals surface area contributed by atoms with E-state index in [0.29, 0.717) is 4.88 Å². The van der Waals surface area contributed by atoms with E-state index in [9.17, 15) is 9.90 Å². The van der Waals surface area contributed by atoms with Crippen molar-refractivity contribution in [1.29, 1.82) is 0 Å². The minimum absolute atomic E-state index is 0.144. The Hall–Kier alpha value is -1.30. The number of thioether (sulfide) groups is 1. The molecule has 0 fully saturated rings. The monoisotopic (exact) mass is 293 g/mol. The van der Waals surface area contributed by atoms with Crippen LogP contribution in [0.5, 0.6) is 0 Å². The normalized spacial score (nSPS) is 12.1. The summed E-state index contributed by atoms with van der Waals surface area (Å²) in [6.45, 7) is 0.218. The molecule has 0 aliphatic rings. The molecule has 0 saturated carbocycles. The van der Waals surface area contributed by atoms with Gasteiger partial charge in [-0.25, -0.2) is 0 Å². The van der Waals surface area contributed by atoms with Gasteiger partial charge in [0.15, 0.2) is 0 Å². The third kappa shape index (κ3) is 3.83. The van der Waals surface area contributed by atoms with Gasteiger partial charge in [-0.1, -0.05) is 18.2 Å². The minimum Gasteiger partial charge on any atom is -0.387 e. The molecule has 2 N–H and O–H groups in total. The van der Waals surface area contributed by atoms with Crippen LogP contribution in [-0.4, -0.2) is 23.8 Å². The summed E-state index contributed by atoms with van der Waals surface area (Å²) in [6, 6.07) is 11.3. The van der Waals surface area contributed by atoms with E-state index in [-0.39, 0.29) is 12.5 Å². The third-order valence-corrected chi connectivity index (χ3v) is 4.31. The van der Waals surface area contributed by atoms with Gasteiger partial charge in [0.2, 0.25) is 0 Å². The van der Waals surface area contributed by atoms with Crippen LogP contribution >= 0.6 is 23.1 Å². The maximum absolute atomic E-state index is 11.7.